The predicted octanol–water partition coefficient (Wildman–Crippen LogP) is 3.95. The molecule has 0 heterocycles. The minimum absolute atomic E-state index is 0.490. The number of carbonyl (C=O) groups is 1. The van der Waals surface area contributed by atoms with Crippen LogP contribution in [0, 0.1) is 0 Å². The summed E-state index contributed by atoms with van der Waals surface area (Å²) in [6, 6.07) is 12.2. The third-order valence-electron chi connectivity index (χ3n) is 3.04. The van der Waals surface area contributed by atoms with Crippen LogP contribution in [0.1, 0.15) is 12.5 Å². The Labute approximate surface area is 139 Å². The maximum Gasteiger partial charge on any atom is 0.344 e. The molecular weight excluding hydrogens is 318 g/mol. The first kappa shape index (κ1) is 16.8. The Morgan fingerprint density at radius 3 is 2.52 bits per heavy atom. The lowest BCUT2D eigenvalue weighted by molar-refractivity contribution is -0.144. The van der Waals surface area contributed by atoms with Crippen LogP contribution in [0.3, 0.4) is 0 Å². The Hall–Kier alpha value is -2.53. The maximum atomic E-state index is 10.7. The lowest BCUT2D eigenvalue weighted by Gasteiger charge is -2.09. The summed E-state index contributed by atoms with van der Waals surface area (Å²) < 4.78 is 10.3. The number of benzene rings is 2. The molecule has 0 aliphatic rings. The van der Waals surface area contributed by atoms with E-state index in [1.807, 2.05) is 0 Å². The molecule has 120 valence electrons. The van der Waals surface area contributed by atoms with E-state index in [0.717, 1.165) is 5.56 Å². The number of aliphatic carboxylic acids is 1. The fourth-order valence-electron chi connectivity index (χ4n) is 1.77. The van der Waals surface area contributed by atoms with Crippen molar-refractivity contribution in [3.05, 3.63) is 53.1 Å². The highest BCUT2D eigenvalue weighted by Crippen LogP contribution is 2.28. The molecule has 0 radical (unpaired) electrons. The van der Waals surface area contributed by atoms with Gasteiger partial charge in [0.1, 0.15) is 11.5 Å². The number of halogens is 1. The molecule has 1 N–H and O–H groups in total. The minimum Gasteiger partial charge on any atom is -0.495 e. The normalized spacial score (nSPS) is 12.1. The van der Waals surface area contributed by atoms with Crippen LogP contribution in [0.25, 0.3) is 0 Å². The Balaban J connectivity index is 2.05. The summed E-state index contributed by atoms with van der Waals surface area (Å²) in [5.41, 5.74) is 1.56. The van der Waals surface area contributed by atoms with Crippen LogP contribution >= 0.6 is 11.6 Å². The van der Waals surface area contributed by atoms with Gasteiger partial charge in [-0.15, -0.1) is 0 Å². The van der Waals surface area contributed by atoms with Crippen LogP contribution < -0.4 is 9.47 Å². The number of rotatable bonds is 6. The summed E-state index contributed by atoms with van der Waals surface area (Å²) in [5.74, 6) is 0.0798. The average molecular weight is 334 g/mol. The van der Waals surface area contributed by atoms with Crippen LogP contribution in [0.4, 0.5) is 5.69 Å². The topological polar surface area (TPSA) is 68.1 Å². The molecule has 0 aliphatic carbocycles. The Bertz CT molecular complexity index is 713. The first-order chi connectivity index (χ1) is 11.0. The highest BCUT2D eigenvalue weighted by molar-refractivity contribution is 6.32. The van der Waals surface area contributed by atoms with Crippen molar-refractivity contribution in [2.45, 2.75) is 13.0 Å². The van der Waals surface area contributed by atoms with Crippen molar-refractivity contribution in [3.63, 3.8) is 0 Å². The number of aliphatic imine (C=N–C) groups is 1. The zero-order valence-corrected chi connectivity index (χ0v) is 13.4. The van der Waals surface area contributed by atoms with E-state index in [1.54, 1.807) is 55.8 Å². The van der Waals surface area contributed by atoms with Crippen LogP contribution in [0.2, 0.25) is 5.02 Å². The van der Waals surface area contributed by atoms with Gasteiger partial charge in [0.05, 0.1) is 17.8 Å². The quantitative estimate of drug-likeness (QED) is 0.813. The summed E-state index contributed by atoms with van der Waals surface area (Å²) in [7, 11) is 1.55. The Morgan fingerprint density at radius 2 is 1.96 bits per heavy atom. The number of carboxylic acid groups (broad SMARTS) is 1. The highest BCUT2D eigenvalue weighted by Gasteiger charge is 2.11. The van der Waals surface area contributed by atoms with Gasteiger partial charge in [0, 0.05) is 6.21 Å². The summed E-state index contributed by atoms with van der Waals surface area (Å²) in [6.45, 7) is 1.48. The van der Waals surface area contributed by atoms with E-state index in [4.69, 9.17) is 26.2 Å². The second kappa shape index (κ2) is 7.65. The van der Waals surface area contributed by atoms with E-state index in [9.17, 15) is 4.79 Å². The van der Waals surface area contributed by atoms with Gasteiger partial charge >= 0.3 is 5.97 Å². The van der Waals surface area contributed by atoms with E-state index >= 15 is 0 Å². The first-order valence-corrected chi connectivity index (χ1v) is 7.24. The Morgan fingerprint density at radius 1 is 1.26 bits per heavy atom. The van der Waals surface area contributed by atoms with Gasteiger partial charge in [-0.3, -0.25) is 4.99 Å². The molecule has 0 aliphatic heterocycles. The summed E-state index contributed by atoms with van der Waals surface area (Å²) in [5, 5.41) is 9.30. The second-order valence-electron chi connectivity index (χ2n) is 4.74. The number of methoxy groups -OCH3 is 1. The third-order valence-corrected chi connectivity index (χ3v) is 3.33. The molecule has 0 fully saturated rings. The zero-order chi connectivity index (χ0) is 16.8. The van der Waals surface area contributed by atoms with Crippen LogP contribution in [-0.2, 0) is 4.79 Å². The molecule has 23 heavy (non-hydrogen) atoms. The SMILES string of the molecule is COc1ccc(N=Cc2ccc(O[C@H](C)C(=O)O)cc2)cc1Cl. The second-order valence-corrected chi connectivity index (χ2v) is 5.15. The van der Waals surface area contributed by atoms with Crippen molar-refractivity contribution < 1.29 is 19.4 Å². The highest BCUT2D eigenvalue weighted by atomic mass is 35.5. The fraction of sp³-hybridized carbons (Fsp3) is 0.176. The molecule has 5 nitrogen and oxygen atoms in total. The van der Waals surface area contributed by atoms with Crippen molar-refractivity contribution in [3.8, 4) is 11.5 Å². The van der Waals surface area contributed by atoms with E-state index < -0.39 is 12.1 Å². The number of ether oxygens (including phenoxy) is 2. The summed E-state index contributed by atoms with van der Waals surface area (Å²) >= 11 is 6.04. The third kappa shape index (κ3) is 4.72. The lowest BCUT2D eigenvalue weighted by Crippen LogP contribution is -2.22. The lowest BCUT2D eigenvalue weighted by atomic mass is 10.2. The molecule has 0 bridgehead atoms. The largest absolute Gasteiger partial charge is 0.495 e. The smallest absolute Gasteiger partial charge is 0.344 e. The van der Waals surface area contributed by atoms with Gasteiger partial charge in [-0.25, -0.2) is 4.79 Å². The van der Waals surface area contributed by atoms with Crippen LogP contribution in [0.15, 0.2) is 47.5 Å². The van der Waals surface area contributed by atoms with Gasteiger partial charge in [-0.2, -0.15) is 0 Å². The number of nitrogens with zero attached hydrogens (tertiary/aromatic N) is 1. The summed E-state index contributed by atoms with van der Waals surface area (Å²) in [6.07, 6.45) is 0.790. The molecule has 0 unspecified atom stereocenters. The van der Waals surface area contributed by atoms with Gasteiger partial charge < -0.3 is 14.6 Å². The van der Waals surface area contributed by atoms with E-state index in [0.29, 0.717) is 22.2 Å². The van der Waals surface area contributed by atoms with E-state index in [2.05, 4.69) is 4.99 Å². The monoisotopic (exact) mass is 333 g/mol. The average Bonchev–Trinajstić information content (AvgIpc) is 2.54. The van der Waals surface area contributed by atoms with Gasteiger partial charge in [-0.1, -0.05) is 11.6 Å². The van der Waals surface area contributed by atoms with Crippen molar-refractivity contribution >= 4 is 29.5 Å². The molecule has 2 aromatic rings. The van der Waals surface area contributed by atoms with Crippen molar-refractivity contribution in [2.75, 3.05) is 7.11 Å². The molecular formula is C17H16ClNO4. The Kier molecular flexibility index (Phi) is 5.60. The fourth-order valence-corrected chi connectivity index (χ4v) is 2.02. The molecule has 1 atom stereocenters. The standard InChI is InChI=1S/C17H16ClNO4/c1-11(17(20)21)23-14-6-3-12(4-7-14)10-19-13-5-8-16(22-2)15(18)9-13/h3-11H,1-2H3,(H,20,21)/t11-/m1/s1. The zero-order valence-electron chi connectivity index (χ0n) is 12.7. The molecule has 2 aromatic carbocycles. The molecule has 0 spiro atoms. The number of hydrogen-bond donors (Lipinski definition) is 1. The first-order valence-electron chi connectivity index (χ1n) is 6.86. The van der Waals surface area contributed by atoms with E-state index in [1.165, 1.54) is 6.92 Å². The van der Waals surface area contributed by atoms with Crippen LogP contribution in [0.5, 0.6) is 11.5 Å². The van der Waals surface area contributed by atoms with Crippen molar-refractivity contribution in [1.82, 2.24) is 0 Å². The minimum atomic E-state index is -1.01. The summed E-state index contributed by atoms with van der Waals surface area (Å²) in [4.78, 5) is 15.1. The molecule has 0 saturated carbocycles. The molecule has 0 amide bonds. The van der Waals surface area contributed by atoms with Gasteiger partial charge in [0.2, 0.25) is 0 Å². The predicted molar refractivity (Wildman–Crippen MR) is 89.4 cm³/mol. The maximum absolute atomic E-state index is 10.7. The molecule has 6 heteroatoms. The van der Waals surface area contributed by atoms with Crippen molar-refractivity contribution in [2.24, 2.45) is 4.99 Å². The van der Waals surface area contributed by atoms with Gasteiger partial charge in [0.25, 0.3) is 0 Å². The van der Waals surface area contributed by atoms with E-state index in [-0.39, 0.29) is 0 Å². The molecule has 0 saturated heterocycles. The van der Waals surface area contributed by atoms with Crippen LogP contribution in [-0.4, -0.2) is 30.5 Å². The van der Waals surface area contributed by atoms with Crippen molar-refractivity contribution in [1.29, 1.82) is 0 Å². The number of carboxylic acids is 1. The van der Waals surface area contributed by atoms with Gasteiger partial charge in [-0.05, 0) is 55.0 Å². The molecule has 2 rings (SSSR count). The number of hydrogen-bond acceptors (Lipinski definition) is 4. The molecule has 0 aromatic heterocycles. The van der Waals surface area contributed by atoms with Gasteiger partial charge in [0.15, 0.2) is 6.10 Å².